The van der Waals surface area contributed by atoms with Crippen LogP contribution in [0.4, 0.5) is 0 Å². The van der Waals surface area contributed by atoms with Gasteiger partial charge in [-0.1, -0.05) is 30.3 Å². The Hall–Kier alpha value is -2.34. The van der Waals surface area contributed by atoms with Crippen LogP contribution in [0.15, 0.2) is 45.7 Å². The number of carbonyl (C=O) groups is 1. The molecule has 1 saturated heterocycles. The van der Waals surface area contributed by atoms with Crippen LogP contribution >= 0.6 is 0 Å². The van der Waals surface area contributed by atoms with Crippen LogP contribution in [0.5, 0.6) is 0 Å². The highest BCUT2D eigenvalue weighted by Crippen LogP contribution is 2.24. The summed E-state index contributed by atoms with van der Waals surface area (Å²) in [5.74, 6) is -0.182. The minimum absolute atomic E-state index is 0.0661. The second kappa shape index (κ2) is 5.57. The standard InChI is InChI=1S/C15H17N3O3/c1-17-7-8-18(15(20)13-9-14(19)16-21-13)10-12(17)11-5-3-2-4-6-11/h2-6,9,12H,7-8,10H2,1H3,(H,16,19)/t12-/m0/s1. The monoisotopic (exact) mass is 287 g/mol. The van der Waals surface area contributed by atoms with Crippen molar-refractivity contribution in [3.63, 3.8) is 0 Å². The third-order valence-corrected chi connectivity index (χ3v) is 3.85. The summed E-state index contributed by atoms with van der Waals surface area (Å²) in [6.45, 7) is 1.97. The number of amides is 1. The molecule has 3 rings (SSSR count). The number of aromatic nitrogens is 1. The summed E-state index contributed by atoms with van der Waals surface area (Å²) in [7, 11) is 2.05. The maximum absolute atomic E-state index is 12.4. The number of benzene rings is 1. The summed E-state index contributed by atoms with van der Waals surface area (Å²) in [4.78, 5) is 27.4. The summed E-state index contributed by atoms with van der Waals surface area (Å²) in [5.41, 5.74) is 0.778. The van der Waals surface area contributed by atoms with Gasteiger partial charge in [-0.25, -0.2) is 0 Å². The van der Waals surface area contributed by atoms with E-state index in [0.29, 0.717) is 13.1 Å². The van der Waals surface area contributed by atoms with E-state index in [1.807, 2.05) is 18.2 Å². The molecule has 1 amide bonds. The zero-order valence-electron chi connectivity index (χ0n) is 11.8. The van der Waals surface area contributed by atoms with Crippen LogP contribution in [0.3, 0.4) is 0 Å². The normalized spacial score (nSPS) is 19.7. The summed E-state index contributed by atoms with van der Waals surface area (Å²) < 4.78 is 4.90. The first kappa shape index (κ1) is 13.6. The molecule has 1 aliphatic rings. The first-order chi connectivity index (χ1) is 10.1. The van der Waals surface area contributed by atoms with E-state index in [1.54, 1.807) is 4.90 Å². The molecule has 1 fully saturated rings. The third kappa shape index (κ3) is 2.75. The predicted molar refractivity (Wildman–Crippen MR) is 77.0 cm³/mol. The number of carbonyl (C=O) groups excluding carboxylic acids is 1. The molecular formula is C15H17N3O3. The van der Waals surface area contributed by atoms with Gasteiger partial charge in [-0.2, -0.15) is 5.16 Å². The number of hydrogen-bond donors (Lipinski definition) is 1. The summed E-state index contributed by atoms with van der Waals surface area (Å²) in [6.07, 6.45) is 0. The molecule has 0 spiro atoms. The molecule has 0 unspecified atom stereocenters. The molecule has 0 aliphatic carbocycles. The fourth-order valence-corrected chi connectivity index (χ4v) is 2.64. The third-order valence-electron chi connectivity index (χ3n) is 3.85. The number of H-pyrrole nitrogens is 1. The largest absolute Gasteiger partial charge is 0.373 e. The quantitative estimate of drug-likeness (QED) is 0.898. The lowest BCUT2D eigenvalue weighted by Crippen LogP contribution is -2.48. The number of likely N-dealkylation sites (N-methyl/N-ethyl adjacent to an activating group) is 1. The second-order valence-corrected chi connectivity index (χ2v) is 5.24. The molecule has 2 aromatic rings. The predicted octanol–water partition coefficient (Wildman–Crippen LogP) is 1.10. The highest BCUT2D eigenvalue weighted by Gasteiger charge is 2.30. The van der Waals surface area contributed by atoms with E-state index in [1.165, 1.54) is 11.6 Å². The molecule has 0 saturated carbocycles. The van der Waals surface area contributed by atoms with E-state index in [0.717, 1.165) is 6.54 Å². The number of nitrogens with zero attached hydrogens (tertiary/aromatic N) is 2. The molecule has 6 heteroatoms. The molecule has 1 aromatic heterocycles. The van der Waals surface area contributed by atoms with Gasteiger partial charge in [-0.3, -0.25) is 14.5 Å². The van der Waals surface area contributed by atoms with Gasteiger partial charge in [0.1, 0.15) is 0 Å². The Labute approximate surface area is 121 Å². The molecule has 1 atom stereocenters. The number of aromatic amines is 1. The SMILES string of the molecule is CN1CCN(C(=O)c2cc(=O)[nH]o2)C[C@H]1c1ccccc1. The molecule has 0 radical (unpaired) electrons. The zero-order chi connectivity index (χ0) is 14.8. The molecular weight excluding hydrogens is 270 g/mol. The number of piperazine rings is 1. The smallest absolute Gasteiger partial charge is 0.292 e. The maximum Gasteiger partial charge on any atom is 0.292 e. The molecule has 110 valence electrons. The van der Waals surface area contributed by atoms with Crippen molar-refractivity contribution in [1.29, 1.82) is 0 Å². The Balaban J connectivity index is 1.80. The van der Waals surface area contributed by atoms with Crippen LogP contribution in [0.25, 0.3) is 0 Å². The second-order valence-electron chi connectivity index (χ2n) is 5.24. The first-order valence-electron chi connectivity index (χ1n) is 6.88. The lowest BCUT2D eigenvalue weighted by Gasteiger charge is -2.39. The van der Waals surface area contributed by atoms with Gasteiger partial charge in [-0.05, 0) is 12.6 Å². The van der Waals surface area contributed by atoms with Gasteiger partial charge in [-0.15, -0.1) is 0 Å². The van der Waals surface area contributed by atoms with E-state index in [4.69, 9.17) is 4.52 Å². The average molecular weight is 287 g/mol. The fourth-order valence-electron chi connectivity index (χ4n) is 2.64. The van der Waals surface area contributed by atoms with Crippen molar-refractivity contribution >= 4 is 5.91 Å². The fraction of sp³-hybridized carbons (Fsp3) is 0.333. The molecule has 21 heavy (non-hydrogen) atoms. The first-order valence-corrected chi connectivity index (χ1v) is 6.88. The summed E-state index contributed by atoms with van der Waals surface area (Å²) >= 11 is 0. The van der Waals surface area contributed by atoms with Crippen LogP contribution in [-0.2, 0) is 0 Å². The average Bonchev–Trinajstić information content (AvgIpc) is 2.94. The number of nitrogens with one attached hydrogen (secondary N) is 1. The molecule has 6 nitrogen and oxygen atoms in total. The molecule has 1 aromatic carbocycles. The maximum atomic E-state index is 12.4. The minimum Gasteiger partial charge on any atom is -0.373 e. The van der Waals surface area contributed by atoms with Crippen molar-refractivity contribution in [2.75, 3.05) is 26.7 Å². The van der Waals surface area contributed by atoms with E-state index >= 15 is 0 Å². The topological polar surface area (TPSA) is 69.6 Å². The molecule has 0 bridgehead atoms. The van der Waals surface area contributed by atoms with Gasteiger partial charge in [0.15, 0.2) is 0 Å². The number of rotatable bonds is 2. The molecule has 1 N–H and O–H groups in total. The lowest BCUT2D eigenvalue weighted by atomic mass is 10.0. The van der Waals surface area contributed by atoms with Crippen LogP contribution in [-0.4, -0.2) is 47.5 Å². The number of hydrogen-bond acceptors (Lipinski definition) is 4. The van der Waals surface area contributed by atoms with Crippen LogP contribution in [0.1, 0.15) is 22.2 Å². The van der Waals surface area contributed by atoms with Crippen molar-refractivity contribution in [3.8, 4) is 0 Å². The highest BCUT2D eigenvalue weighted by molar-refractivity contribution is 5.91. The lowest BCUT2D eigenvalue weighted by molar-refractivity contribution is 0.0508. The van der Waals surface area contributed by atoms with Crippen LogP contribution < -0.4 is 5.56 Å². The van der Waals surface area contributed by atoms with Crippen molar-refractivity contribution in [2.24, 2.45) is 0 Å². The van der Waals surface area contributed by atoms with Crippen molar-refractivity contribution in [1.82, 2.24) is 15.0 Å². The van der Waals surface area contributed by atoms with Gasteiger partial charge >= 0.3 is 0 Å². The Morgan fingerprint density at radius 3 is 2.71 bits per heavy atom. The van der Waals surface area contributed by atoms with Gasteiger partial charge < -0.3 is 9.42 Å². The summed E-state index contributed by atoms with van der Waals surface area (Å²) in [6, 6.07) is 11.4. The Kier molecular flexibility index (Phi) is 3.62. The Morgan fingerprint density at radius 1 is 1.29 bits per heavy atom. The van der Waals surface area contributed by atoms with E-state index < -0.39 is 5.56 Å². The van der Waals surface area contributed by atoms with E-state index in [-0.39, 0.29) is 17.7 Å². The summed E-state index contributed by atoms with van der Waals surface area (Å²) in [5, 5.41) is 2.15. The van der Waals surface area contributed by atoms with Crippen LogP contribution in [0, 0.1) is 0 Å². The minimum atomic E-state index is -0.396. The molecule has 2 heterocycles. The Morgan fingerprint density at radius 2 is 2.05 bits per heavy atom. The Bertz CT molecular complexity index is 677. The zero-order valence-corrected chi connectivity index (χ0v) is 11.8. The van der Waals surface area contributed by atoms with Crippen molar-refractivity contribution in [2.45, 2.75) is 6.04 Å². The van der Waals surface area contributed by atoms with Gasteiger partial charge in [0.05, 0.1) is 12.1 Å². The van der Waals surface area contributed by atoms with Crippen LogP contribution in [0.2, 0.25) is 0 Å². The molecule has 1 aliphatic heterocycles. The van der Waals surface area contributed by atoms with Gasteiger partial charge in [0, 0.05) is 19.6 Å². The van der Waals surface area contributed by atoms with Gasteiger partial charge in [0.25, 0.3) is 11.5 Å². The van der Waals surface area contributed by atoms with Crippen molar-refractivity contribution < 1.29 is 9.32 Å². The van der Waals surface area contributed by atoms with E-state index in [9.17, 15) is 9.59 Å². The van der Waals surface area contributed by atoms with Gasteiger partial charge in [0.2, 0.25) is 5.76 Å². The van der Waals surface area contributed by atoms with Crippen molar-refractivity contribution in [3.05, 3.63) is 58.1 Å². The van der Waals surface area contributed by atoms with E-state index in [2.05, 4.69) is 29.2 Å². The highest BCUT2D eigenvalue weighted by atomic mass is 16.5.